The number of aryl methyl sites for hydroxylation is 2. The molecule has 0 unspecified atom stereocenters. The first-order valence-corrected chi connectivity index (χ1v) is 9.05. The molecule has 6 heteroatoms. The number of nitrogen functional groups attached to an aromatic ring is 1. The minimum Gasteiger partial charge on any atom is -0.467 e. The van der Waals surface area contributed by atoms with Crippen LogP contribution in [0.15, 0.2) is 28.9 Å². The fourth-order valence-electron chi connectivity index (χ4n) is 3.17. The zero-order valence-corrected chi connectivity index (χ0v) is 14.1. The second-order valence-electron chi connectivity index (χ2n) is 6.11. The number of carbonyl (C=O) groups excluding carboxylic acids is 1. The van der Waals surface area contributed by atoms with Crippen LogP contribution in [0, 0.1) is 0 Å². The van der Waals surface area contributed by atoms with Crippen LogP contribution < -0.4 is 11.1 Å². The van der Waals surface area contributed by atoms with E-state index < -0.39 is 0 Å². The van der Waals surface area contributed by atoms with E-state index in [-0.39, 0.29) is 5.91 Å². The number of carbonyl (C=O) groups is 1. The van der Waals surface area contributed by atoms with E-state index >= 15 is 0 Å². The maximum Gasteiger partial charge on any atom is 0.263 e. The lowest BCUT2D eigenvalue weighted by Crippen LogP contribution is -2.22. The van der Waals surface area contributed by atoms with Crippen LogP contribution >= 0.6 is 11.3 Å². The molecule has 5 nitrogen and oxygen atoms in total. The fraction of sp³-hybridized carbons (Fsp3) is 0.333. The number of rotatable bonds is 3. The molecule has 4 rings (SSSR count). The number of pyridine rings is 1. The van der Waals surface area contributed by atoms with Crippen molar-refractivity contribution in [1.82, 2.24) is 10.3 Å². The van der Waals surface area contributed by atoms with Crippen molar-refractivity contribution in [1.29, 1.82) is 0 Å². The molecule has 3 heterocycles. The molecule has 0 saturated heterocycles. The molecule has 1 aliphatic rings. The third kappa shape index (κ3) is 2.78. The second kappa shape index (κ2) is 6.28. The molecule has 24 heavy (non-hydrogen) atoms. The molecular weight excluding hydrogens is 322 g/mol. The lowest BCUT2D eigenvalue weighted by Gasteiger charge is -2.04. The molecule has 1 aliphatic carbocycles. The number of thiophene rings is 1. The molecule has 124 valence electrons. The Bertz CT molecular complexity index is 883. The zero-order valence-electron chi connectivity index (χ0n) is 13.3. The van der Waals surface area contributed by atoms with Crippen molar-refractivity contribution < 1.29 is 9.21 Å². The van der Waals surface area contributed by atoms with Gasteiger partial charge in [-0.15, -0.1) is 11.3 Å². The Morgan fingerprint density at radius 2 is 2.21 bits per heavy atom. The van der Waals surface area contributed by atoms with E-state index in [1.54, 1.807) is 12.3 Å². The normalized spacial score (nSPS) is 14.3. The molecule has 3 aromatic rings. The highest BCUT2D eigenvalue weighted by molar-refractivity contribution is 7.21. The number of hydrogen-bond acceptors (Lipinski definition) is 5. The van der Waals surface area contributed by atoms with Gasteiger partial charge in [-0.05, 0) is 49.4 Å². The molecule has 0 aliphatic heterocycles. The average Bonchev–Trinajstić information content (AvgIpc) is 3.14. The highest BCUT2D eigenvalue weighted by Crippen LogP contribution is 2.35. The summed E-state index contributed by atoms with van der Waals surface area (Å²) in [7, 11) is 0. The number of nitrogens with one attached hydrogen (secondary N) is 1. The Labute approximate surface area is 143 Å². The first-order chi connectivity index (χ1) is 11.7. The number of nitrogens with two attached hydrogens (primary N) is 1. The lowest BCUT2D eigenvalue weighted by atomic mass is 10.1. The van der Waals surface area contributed by atoms with E-state index in [1.807, 2.05) is 6.07 Å². The number of aromatic nitrogens is 1. The number of anilines is 1. The molecule has 0 radical (unpaired) electrons. The Balaban J connectivity index is 1.64. The van der Waals surface area contributed by atoms with Crippen LogP contribution in [0.4, 0.5) is 5.69 Å². The van der Waals surface area contributed by atoms with Gasteiger partial charge >= 0.3 is 0 Å². The van der Waals surface area contributed by atoms with E-state index in [1.165, 1.54) is 41.9 Å². The number of amides is 1. The number of nitrogens with zero attached hydrogens (tertiary/aromatic N) is 1. The summed E-state index contributed by atoms with van der Waals surface area (Å²) in [6.07, 6.45) is 7.28. The summed E-state index contributed by atoms with van der Waals surface area (Å²) in [6, 6.07) is 5.76. The quantitative estimate of drug-likeness (QED) is 0.712. The van der Waals surface area contributed by atoms with Gasteiger partial charge in [0.1, 0.15) is 15.5 Å². The average molecular weight is 341 g/mol. The molecule has 0 fully saturated rings. The van der Waals surface area contributed by atoms with Crippen molar-refractivity contribution in [2.45, 2.75) is 38.6 Å². The topological polar surface area (TPSA) is 81.2 Å². The summed E-state index contributed by atoms with van der Waals surface area (Å²) in [5.74, 6) is 0.537. The molecule has 0 bridgehead atoms. The Morgan fingerprint density at radius 1 is 1.33 bits per heavy atom. The lowest BCUT2D eigenvalue weighted by molar-refractivity contribution is 0.0953. The molecule has 3 aromatic heterocycles. The van der Waals surface area contributed by atoms with Crippen LogP contribution in [-0.2, 0) is 19.4 Å². The Hall–Kier alpha value is -2.34. The number of fused-ring (bicyclic) bond motifs is 2. The van der Waals surface area contributed by atoms with E-state index in [2.05, 4.69) is 11.4 Å². The predicted octanol–water partition coefficient (Wildman–Crippen LogP) is 3.67. The maximum atomic E-state index is 12.5. The van der Waals surface area contributed by atoms with Crippen molar-refractivity contribution >= 4 is 33.1 Å². The van der Waals surface area contributed by atoms with Crippen LogP contribution in [0.1, 0.15) is 46.0 Å². The molecule has 0 spiro atoms. The summed E-state index contributed by atoms with van der Waals surface area (Å²) in [6.45, 7) is 0.351. The first-order valence-electron chi connectivity index (χ1n) is 8.23. The summed E-state index contributed by atoms with van der Waals surface area (Å²) < 4.78 is 5.23. The largest absolute Gasteiger partial charge is 0.467 e. The maximum absolute atomic E-state index is 12.5. The van der Waals surface area contributed by atoms with Gasteiger partial charge < -0.3 is 15.5 Å². The molecular formula is C18H19N3O2S. The van der Waals surface area contributed by atoms with Crippen molar-refractivity contribution in [2.24, 2.45) is 0 Å². The highest BCUT2D eigenvalue weighted by Gasteiger charge is 2.20. The van der Waals surface area contributed by atoms with Gasteiger partial charge in [0.2, 0.25) is 0 Å². The molecule has 0 atom stereocenters. The van der Waals surface area contributed by atoms with E-state index in [9.17, 15) is 4.79 Å². The smallest absolute Gasteiger partial charge is 0.263 e. The van der Waals surface area contributed by atoms with Crippen molar-refractivity contribution in [2.75, 3.05) is 5.73 Å². The molecule has 1 amide bonds. The van der Waals surface area contributed by atoms with Crippen molar-refractivity contribution in [3.8, 4) is 0 Å². The monoisotopic (exact) mass is 341 g/mol. The SMILES string of the molecule is Nc1c(C(=O)NCc2ccco2)sc2nc3c(cc12)CCCCC3. The van der Waals surface area contributed by atoms with Crippen LogP contribution in [0.3, 0.4) is 0 Å². The van der Waals surface area contributed by atoms with Crippen LogP contribution in [0.5, 0.6) is 0 Å². The van der Waals surface area contributed by atoms with Gasteiger partial charge in [-0.3, -0.25) is 4.79 Å². The van der Waals surface area contributed by atoms with E-state index in [4.69, 9.17) is 15.1 Å². The van der Waals surface area contributed by atoms with Crippen LogP contribution in [-0.4, -0.2) is 10.9 Å². The standard InChI is InChI=1S/C18H19N3O2S/c19-15-13-9-11-5-2-1-3-7-14(11)21-18(13)24-16(15)17(22)20-10-12-6-4-8-23-12/h4,6,8-9H,1-3,5,7,10,19H2,(H,20,22). The summed E-state index contributed by atoms with van der Waals surface area (Å²) in [5, 5.41) is 3.76. The number of furan rings is 1. The van der Waals surface area contributed by atoms with Crippen LogP contribution in [0.2, 0.25) is 0 Å². The first kappa shape index (κ1) is 15.2. The third-order valence-electron chi connectivity index (χ3n) is 4.46. The Kier molecular flexibility index (Phi) is 3.98. The summed E-state index contributed by atoms with van der Waals surface area (Å²) >= 11 is 1.37. The van der Waals surface area contributed by atoms with Crippen LogP contribution in [0.25, 0.3) is 10.2 Å². The van der Waals surface area contributed by atoms with Gasteiger partial charge in [-0.2, -0.15) is 0 Å². The van der Waals surface area contributed by atoms with E-state index in [0.717, 1.165) is 23.1 Å². The Morgan fingerprint density at radius 3 is 3.04 bits per heavy atom. The summed E-state index contributed by atoms with van der Waals surface area (Å²) in [4.78, 5) is 18.6. The van der Waals surface area contributed by atoms with Gasteiger partial charge in [0.05, 0.1) is 18.5 Å². The van der Waals surface area contributed by atoms with Gasteiger partial charge in [0.15, 0.2) is 0 Å². The van der Waals surface area contributed by atoms with Gasteiger partial charge in [-0.25, -0.2) is 4.98 Å². The minimum atomic E-state index is -0.179. The molecule has 0 saturated carbocycles. The minimum absolute atomic E-state index is 0.179. The second-order valence-corrected chi connectivity index (χ2v) is 7.11. The predicted molar refractivity (Wildman–Crippen MR) is 95.2 cm³/mol. The zero-order chi connectivity index (χ0) is 16.5. The molecule has 3 N–H and O–H groups in total. The summed E-state index contributed by atoms with van der Waals surface area (Å²) in [5.41, 5.74) is 9.24. The van der Waals surface area contributed by atoms with Crippen molar-refractivity contribution in [3.05, 3.63) is 46.4 Å². The van der Waals surface area contributed by atoms with E-state index in [0.29, 0.717) is 22.9 Å². The highest BCUT2D eigenvalue weighted by atomic mass is 32.1. The van der Waals surface area contributed by atoms with Gasteiger partial charge in [-0.1, -0.05) is 6.42 Å². The molecule has 0 aromatic carbocycles. The third-order valence-corrected chi connectivity index (χ3v) is 5.57. The van der Waals surface area contributed by atoms with Gasteiger partial charge in [0, 0.05) is 11.1 Å². The van der Waals surface area contributed by atoms with Crippen molar-refractivity contribution in [3.63, 3.8) is 0 Å². The number of hydrogen-bond donors (Lipinski definition) is 2. The van der Waals surface area contributed by atoms with Gasteiger partial charge in [0.25, 0.3) is 5.91 Å². The fourth-order valence-corrected chi connectivity index (χ4v) is 4.18.